The van der Waals surface area contributed by atoms with E-state index in [0.717, 1.165) is 11.3 Å². The first-order chi connectivity index (χ1) is 8.85. The van der Waals surface area contributed by atoms with Gasteiger partial charge in [0.05, 0.1) is 4.90 Å². The molecule has 1 fully saturated rings. The van der Waals surface area contributed by atoms with Gasteiger partial charge in [0, 0.05) is 29.5 Å². The Hall–Kier alpha value is -0.230. The molecule has 0 saturated carbocycles. The van der Waals surface area contributed by atoms with Crippen molar-refractivity contribution >= 4 is 33.4 Å². The number of halogens is 1. The Balaban J connectivity index is 2.31. The summed E-state index contributed by atoms with van der Waals surface area (Å²) in [4.78, 5) is 0.341. The molecule has 0 N–H and O–H groups in total. The van der Waals surface area contributed by atoms with E-state index in [1.54, 1.807) is 22.5 Å². The lowest BCUT2D eigenvalue weighted by molar-refractivity contribution is 0.387. The van der Waals surface area contributed by atoms with Crippen LogP contribution >= 0.6 is 23.4 Å². The molecule has 1 aliphatic rings. The van der Waals surface area contributed by atoms with Gasteiger partial charge in [0.1, 0.15) is 0 Å². The van der Waals surface area contributed by atoms with Crippen LogP contribution in [0.1, 0.15) is 19.4 Å². The molecule has 1 aromatic rings. The van der Waals surface area contributed by atoms with Crippen LogP contribution in [0.4, 0.5) is 0 Å². The Morgan fingerprint density at radius 3 is 2.79 bits per heavy atom. The van der Waals surface area contributed by atoms with Gasteiger partial charge in [-0.3, -0.25) is 0 Å². The van der Waals surface area contributed by atoms with Gasteiger partial charge in [-0.15, -0.1) is 11.6 Å². The lowest BCUT2D eigenvalue weighted by atomic mass is 10.2. The first-order valence-corrected chi connectivity index (χ1v) is 9.10. The topological polar surface area (TPSA) is 37.4 Å². The minimum Gasteiger partial charge on any atom is -0.207 e. The van der Waals surface area contributed by atoms with Crippen LogP contribution in [0.2, 0.25) is 0 Å². The fourth-order valence-corrected chi connectivity index (χ4v) is 5.26. The second-order valence-corrected chi connectivity index (χ2v) is 9.24. The van der Waals surface area contributed by atoms with Crippen molar-refractivity contribution in [2.75, 3.05) is 18.8 Å². The molecular weight excluding hydrogens is 302 g/mol. The van der Waals surface area contributed by atoms with Crippen molar-refractivity contribution in [3.63, 3.8) is 0 Å². The number of sulfonamides is 1. The van der Waals surface area contributed by atoms with Gasteiger partial charge < -0.3 is 0 Å². The molecule has 0 radical (unpaired) electrons. The molecule has 1 heterocycles. The van der Waals surface area contributed by atoms with E-state index in [-0.39, 0.29) is 4.75 Å². The summed E-state index contributed by atoms with van der Waals surface area (Å²) in [5, 5.41) is 0. The van der Waals surface area contributed by atoms with Gasteiger partial charge in [-0.2, -0.15) is 16.1 Å². The quantitative estimate of drug-likeness (QED) is 0.804. The largest absolute Gasteiger partial charge is 0.243 e. The number of thioether (sulfide) groups is 1. The molecule has 1 aliphatic heterocycles. The molecule has 106 valence electrons. The van der Waals surface area contributed by atoms with Crippen molar-refractivity contribution in [2.24, 2.45) is 0 Å². The SMILES string of the molecule is CC1(C)CN(S(=O)(=O)c2cccc(CCl)c2)CCS1. The van der Waals surface area contributed by atoms with Gasteiger partial charge in [-0.05, 0) is 31.5 Å². The number of benzene rings is 1. The minimum absolute atomic E-state index is 0.0323. The molecule has 19 heavy (non-hydrogen) atoms. The second kappa shape index (κ2) is 5.64. The van der Waals surface area contributed by atoms with Gasteiger partial charge in [-0.25, -0.2) is 8.42 Å². The fourth-order valence-electron chi connectivity index (χ4n) is 2.12. The highest BCUT2D eigenvalue weighted by atomic mass is 35.5. The summed E-state index contributed by atoms with van der Waals surface area (Å²) in [5.74, 6) is 1.16. The Kier molecular flexibility index (Phi) is 4.50. The van der Waals surface area contributed by atoms with E-state index in [1.165, 1.54) is 0 Å². The summed E-state index contributed by atoms with van der Waals surface area (Å²) in [6.45, 7) is 5.27. The van der Waals surface area contributed by atoms with Gasteiger partial charge in [0.2, 0.25) is 10.0 Å². The van der Waals surface area contributed by atoms with Crippen molar-refractivity contribution in [1.82, 2.24) is 4.31 Å². The number of rotatable bonds is 3. The molecule has 0 spiro atoms. The number of alkyl halides is 1. The van der Waals surface area contributed by atoms with Gasteiger partial charge in [-0.1, -0.05) is 12.1 Å². The molecule has 0 aromatic heterocycles. The monoisotopic (exact) mass is 319 g/mol. The molecule has 6 heteroatoms. The Morgan fingerprint density at radius 2 is 2.16 bits per heavy atom. The summed E-state index contributed by atoms with van der Waals surface area (Å²) in [6.07, 6.45) is 0. The summed E-state index contributed by atoms with van der Waals surface area (Å²) in [6, 6.07) is 6.88. The zero-order valence-electron chi connectivity index (χ0n) is 11.1. The van der Waals surface area contributed by atoms with Crippen molar-refractivity contribution in [2.45, 2.75) is 29.4 Å². The normalized spacial score (nSPS) is 20.4. The zero-order valence-corrected chi connectivity index (χ0v) is 13.5. The molecule has 1 saturated heterocycles. The van der Waals surface area contributed by atoms with Crippen LogP contribution in [0.3, 0.4) is 0 Å². The van der Waals surface area contributed by atoms with Crippen LogP contribution < -0.4 is 0 Å². The summed E-state index contributed by atoms with van der Waals surface area (Å²) >= 11 is 7.58. The molecule has 0 atom stereocenters. The highest BCUT2D eigenvalue weighted by Crippen LogP contribution is 2.32. The van der Waals surface area contributed by atoms with E-state index in [2.05, 4.69) is 13.8 Å². The third-order valence-corrected chi connectivity index (χ3v) is 6.53. The van der Waals surface area contributed by atoms with Gasteiger partial charge in [0.25, 0.3) is 0 Å². The number of hydrogen-bond donors (Lipinski definition) is 0. The molecule has 0 bridgehead atoms. The lowest BCUT2D eigenvalue weighted by Crippen LogP contribution is -2.46. The molecule has 0 unspecified atom stereocenters. The third kappa shape index (κ3) is 3.45. The smallest absolute Gasteiger partial charge is 0.207 e. The molecule has 0 aliphatic carbocycles. The Labute approximate surface area is 124 Å². The minimum atomic E-state index is -3.40. The highest BCUT2D eigenvalue weighted by Gasteiger charge is 2.34. The first-order valence-electron chi connectivity index (χ1n) is 6.14. The summed E-state index contributed by atoms with van der Waals surface area (Å²) in [5.41, 5.74) is 0.827. The van der Waals surface area contributed by atoms with Crippen LogP contribution in [0.15, 0.2) is 29.2 Å². The predicted molar refractivity (Wildman–Crippen MR) is 81.3 cm³/mol. The van der Waals surface area contributed by atoms with Crippen molar-refractivity contribution in [3.8, 4) is 0 Å². The molecule has 0 amide bonds. The maximum Gasteiger partial charge on any atom is 0.243 e. The second-order valence-electron chi connectivity index (χ2n) is 5.23. The van der Waals surface area contributed by atoms with Crippen LogP contribution in [0, 0.1) is 0 Å². The van der Waals surface area contributed by atoms with Crippen molar-refractivity contribution < 1.29 is 8.42 Å². The van der Waals surface area contributed by atoms with Crippen LogP contribution in [0.25, 0.3) is 0 Å². The van der Waals surface area contributed by atoms with Crippen LogP contribution in [-0.4, -0.2) is 36.3 Å². The molecule has 3 nitrogen and oxygen atoms in total. The van der Waals surface area contributed by atoms with E-state index in [9.17, 15) is 8.42 Å². The van der Waals surface area contributed by atoms with E-state index >= 15 is 0 Å². The highest BCUT2D eigenvalue weighted by molar-refractivity contribution is 8.00. The summed E-state index contributed by atoms with van der Waals surface area (Å²) < 4.78 is 26.8. The van der Waals surface area contributed by atoms with Crippen LogP contribution in [-0.2, 0) is 15.9 Å². The lowest BCUT2D eigenvalue weighted by Gasteiger charge is -2.36. The van der Waals surface area contributed by atoms with E-state index in [1.807, 2.05) is 17.8 Å². The number of nitrogens with zero attached hydrogens (tertiary/aromatic N) is 1. The zero-order chi connectivity index (χ0) is 14.1. The Morgan fingerprint density at radius 1 is 1.42 bits per heavy atom. The van der Waals surface area contributed by atoms with Crippen LogP contribution in [0.5, 0.6) is 0 Å². The number of hydrogen-bond acceptors (Lipinski definition) is 3. The van der Waals surface area contributed by atoms with Gasteiger partial charge >= 0.3 is 0 Å². The maximum absolute atomic E-state index is 12.6. The molecular formula is C13H18ClNO2S2. The molecule has 1 aromatic carbocycles. The summed E-state index contributed by atoms with van der Waals surface area (Å²) in [7, 11) is -3.40. The third-order valence-electron chi connectivity index (χ3n) is 3.08. The molecule has 2 rings (SSSR count). The van der Waals surface area contributed by atoms with E-state index < -0.39 is 10.0 Å². The van der Waals surface area contributed by atoms with Crippen molar-refractivity contribution in [3.05, 3.63) is 29.8 Å². The fraction of sp³-hybridized carbons (Fsp3) is 0.538. The average molecular weight is 320 g/mol. The van der Waals surface area contributed by atoms with E-state index in [4.69, 9.17) is 11.6 Å². The van der Waals surface area contributed by atoms with Crippen molar-refractivity contribution in [1.29, 1.82) is 0 Å². The van der Waals surface area contributed by atoms with E-state index in [0.29, 0.717) is 23.9 Å². The standard InChI is InChI=1S/C13H18ClNO2S2/c1-13(2)10-15(6-7-18-13)19(16,17)12-5-3-4-11(8-12)9-14/h3-5,8H,6-7,9-10H2,1-2H3. The Bertz CT molecular complexity index is 558. The average Bonchev–Trinajstić information content (AvgIpc) is 2.37. The first kappa shape index (κ1) is 15.2. The maximum atomic E-state index is 12.6. The van der Waals surface area contributed by atoms with Gasteiger partial charge in [0.15, 0.2) is 0 Å². The predicted octanol–water partition coefficient (Wildman–Crippen LogP) is 2.94.